The lowest BCUT2D eigenvalue weighted by Crippen LogP contribution is -2.44. The molecule has 5 nitrogen and oxygen atoms in total. The van der Waals surface area contributed by atoms with Crippen LogP contribution in [0, 0.1) is 5.41 Å². The normalized spacial score (nSPS) is 13.0. The van der Waals surface area contributed by atoms with E-state index >= 15 is 0 Å². The largest absolute Gasteiger partial charge is 0.480 e. The Bertz CT molecular complexity index is 694. The highest BCUT2D eigenvalue weighted by atomic mass is 127. The van der Waals surface area contributed by atoms with Crippen molar-refractivity contribution in [2.24, 2.45) is 5.41 Å². The van der Waals surface area contributed by atoms with E-state index in [2.05, 4.69) is 39.0 Å². The number of aliphatic carboxylic acids is 1. The van der Waals surface area contributed by atoms with Gasteiger partial charge in [0, 0.05) is 27.6 Å². The molecule has 0 saturated carbocycles. The van der Waals surface area contributed by atoms with Gasteiger partial charge in [-0.2, -0.15) is 0 Å². The number of carbonyl (C=O) groups is 2. The maximum Gasteiger partial charge on any atom is 0.318 e. The smallest absolute Gasteiger partial charge is 0.318 e. The number of alkyl halides is 1. The number of carbonyl (C=O) groups excluding carboxylic acids is 1. The van der Waals surface area contributed by atoms with Crippen LogP contribution in [0.1, 0.15) is 19.4 Å². The van der Waals surface area contributed by atoms with Crippen LogP contribution in [0.25, 0.3) is 10.9 Å². The van der Waals surface area contributed by atoms with Gasteiger partial charge in [-0.25, -0.2) is 0 Å². The zero-order valence-electron chi connectivity index (χ0n) is 12.5. The SMILES string of the molecule is CC(C)(C(=O)O)C(=O)NCC(I)Cc1c[nH]c2ccccc12. The number of nitrogens with one attached hydrogen (secondary N) is 2. The highest BCUT2D eigenvalue weighted by Gasteiger charge is 2.35. The Morgan fingerprint density at radius 1 is 1.36 bits per heavy atom. The number of hydrogen-bond donors (Lipinski definition) is 3. The second-order valence-electron chi connectivity index (χ2n) is 5.80. The molecule has 1 heterocycles. The lowest BCUT2D eigenvalue weighted by Gasteiger charge is -2.19. The summed E-state index contributed by atoms with van der Waals surface area (Å²) >= 11 is 2.28. The van der Waals surface area contributed by atoms with Crippen molar-refractivity contribution in [2.45, 2.75) is 24.2 Å². The monoisotopic (exact) mass is 414 g/mol. The number of amides is 1. The van der Waals surface area contributed by atoms with E-state index in [4.69, 9.17) is 5.11 Å². The van der Waals surface area contributed by atoms with E-state index in [1.807, 2.05) is 24.4 Å². The third kappa shape index (κ3) is 3.60. The van der Waals surface area contributed by atoms with Crippen LogP contribution in [0.4, 0.5) is 0 Å². The van der Waals surface area contributed by atoms with Crippen molar-refractivity contribution in [3.05, 3.63) is 36.0 Å². The van der Waals surface area contributed by atoms with Gasteiger partial charge >= 0.3 is 5.97 Å². The number of aromatic nitrogens is 1. The van der Waals surface area contributed by atoms with Crippen molar-refractivity contribution in [3.63, 3.8) is 0 Å². The molecule has 0 spiro atoms. The molecule has 0 fully saturated rings. The van der Waals surface area contributed by atoms with Crippen LogP contribution >= 0.6 is 22.6 Å². The first kappa shape index (κ1) is 16.8. The van der Waals surface area contributed by atoms with E-state index in [0.717, 1.165) is 11.9 Å². The second kappa shape index (κ2) is 6.68. The van der Waals surface area contributed by atoms with Crippen LogP contribution in [-0.4, -0.2) is 32.4 Å². The zero-order chi connectivity index (χ0) is 16.3. The summed E-state index contributed by atoms with van der Waals surface area (Å²) in [5, 5.41) is 12.9. The molecule has 22 heavy (non-hydrogen) atoms. The summed E-state index contributed by atoms with van der Waals surface area (Å²) in [5.41, 5.74) is 0.885. The van der Waals surface area contributed by atoms with Crippen LogP contribution in [0.3, 0.4) is 0 Å². The molecule has 0 radical (unpaired) electrons. The molecule has 1 amide bonds. The Morgan fingerprint density at radius 3 is 2.73 bits per heavy atom. The molecule has 118 valence electrons. The summed E-state index contributed by atoms with van der Waals surface area (Å²) in [4.78, 5) is 26.2. The van der Waals surface area contributed by atoms with Crippen molar-refractivity contribution in [1.82, 2.24) is 10.3 Å². The molecule has 0 bridgehead atoms. The number of aromatic amines is 1. The van der Waals surface area contributed by atoms with Crippen LogP contribution in [0.15, 0.2) is 30.5 Å². The Hall–Kier alpha value is -1.57. The van der Waals surface area contributed by atoms with Gasteiger partial charge in [0.05, 0.1) is 0 Å². The molecular weight excluding hydrogens is 395 g/mol. The van der Waals surface area contributed by atoms with Crippen LogP contribution in [0.5, 0.6) is 0 Å². The van der Waals surface area contributed by atoms with E-state index in [0.29, 0.717) is 6.54 Å². The summed E-state index contributed by atoms with van der Waals surface area (Å²) in [5.74, 6) is -1.58. The van der Waals surface area contributed by atoms with Crippen molar-refractivity contribution >= 4 is 45.4 Å². The van der Waals surface area contributed by atoms with Crippen molar-refractivity contribution < 1.29 is 14.7 Å². The number of hydrogen-bond acceptors (Lipinski definition) is 2. The van der Waals surface area contributed by atoms with Gasteiger partial charge in [0.2, 0.25) is 5.91 Å². The Morgan fingerprint density at radius 2 is 2.05 bits per heavy atom. The van der Waals surface area contributed by atoms with Gasteiger partial charge in [-0.1, -0.05) is 40.8 Å². The molecule has 1 unspecified atom stereocenters. The fourth-order valence-corrected chi connectivity index (χ4v) is 2.83. The molecule has 1 atom stereocenters. The standard InChI is InChI=1S/C16H19IN2O3/c1-16(2,15(21)22)14(20)19-9-11(17)7-10-8-18-13-6-4-3-5-12(10)13/h3-6,8,11,18H,7,9H2,1-2H3,(H,19,20)(H,21,22). The van der Waals surface area contributed by atoms with E-state index in [-0.39, 0.29) is 3.92 Å². The average molecular weight is 414 g/mol. The van der Waals surface area contributed by atoms with E-state index in [1.165, 1.54) is 24.8 Å². The molecule has 2 rings (SSSR count). The first-order chi connectivity index (χ1) is 10.3. The number of benzene rings is 1. The van der Waals surface area contributed by atoms with E-state index in [9.17, 15) is 9.59 Å². The third-order valence-electron chi connectivity index (χ3n) is 3.70. The Labute approximate surface area is 142 Å². The first-order valence-electron chi connectivity index (χ1n) is 7.03. The van der Waals surface area contributed by atoms with Crippen LogP contribution in [-0.2, 0) is 16.0 Å². The molecule has 0 aliphatic carbocycles. The maximum atomic E-state index is 11.9. The number of carboxylic acid groups (broad SMARTS) is 1. The second-order valence-corrected chi connectivity index (χ2v) is 7.56. The Balaban J connectivity index is 1.95. The lowest BCUT2D eigenvalue weighted by atomic mass is 9.92. The van der Waals surface area contributed by atoms with Crippen LogP contribution < -0.4 is 5.32 Å². The van der Waals surface area contributed by atoms with Crippen molar-refractivity contribution in [3.8, 4) is 0 Å². The fraction of sp³-hybridized carbons (Fsp3) is 0.375. The highest BCUT2D eigenvalue weighted by Crippen LogP contribution is 2.21. The van der Waals surface area contributed by atoms with Crippen molar-refractivity contribution in [1.29, 1.82) is 0 Å². The quantitative estimate of drug-likeness (QED) is 0.386. The third-order valence-corrected chi connectivity index (χ3v) is 4.58. The minimum atomic E-state index is -1.41. The molecule has 6 heteroatoms. The van der Waals surface area contributed by atoms with Gasteiger partial charge in [0.1, 0.15) is 5.41 Å². The zero-order valence-corrected chi connectivity index (χ0v) is 14.7. The van der Waals surface area contributed by atoms with E-state index in [1.54, 1.807) is 0 Å². The molecule has 1 aromatic carbocycles. The van der Waals surface area contributed by atoms with Gasteiger partial charge in [-0.15, -0.1) is 0 Å². The summed E-state index contributed by atoms with van der Waals surface area (Å²) in [6.07, 6.45) is 2.79. The summed E-state index contributed by atoms with van der Waals surface area (Å²) < 4.78 is 0.186. The predicted molar refractivity (Wildman–Crippen MR) is 94.2 cm³/mol. The molecular formula is C16H19IN2O3. The first-order valence-corrected chi connectivity index (χ1v) is 8.27. The van der Waals surface area contributed by atoms with Gasteiger partial charge < -0.3 is 15.4 Å². The highest BCUT2D eigenvalue weighted by molar-refractivity contribution is 14.1. The summed E-state index contributed by atoms with van der Waals surface area (Å²) in [6.45, 7) is 3.26. The predicted octanol–water partition coefficient (Wildman–Crippen LogP) is 2.74. The summed E-state index contributed by atoms with van der Waals surface area (Å²) in [7, 11) is 0. The molecule has 0 aliphatic heterocycles. The Kier molecular flexibility index (Phi) is 5.10. The number of H-pyrrole nitrogens is 1. The molecule has 1 aromatic heterocycles. The molecule has 0 aliphatic rings. The van der Waals surface area contributed by atoms with Gasteiger partial charge in [-0.3, -0.25) is 9.59 Å². The summed E-state index contributed by atoms with van der Waals surface area (Å²) in [6, 6.07) is 8.08. The van der Waals surface area contributed by atoms with Crippen molar-refractivity contribution in [2.75, 3.05) is 6.54 Å². The molecule has 0 saturated heterocycles. The minimum absolute atomic E-state index is 0.186. The number of fused-ring (bicyclic) bond motifs is 1. The minimum Gasteiger partial charge on any atom is -0.480 e. The molecule has 2 aromatic rings. The topological polar surface area (TPSA) is 82.2 Å². The van der Waals surface area contributed by atoms with Gasteiger partial charge in [0.15, 0.2) is 0 Å². The average Bonchev–Trinajstić information content (AvgIpc) is 2.88. The number of carboxylic acids is 1. The maximum absolute atomic E-state index is 11.9. The number of halogens is 1. The van der Waals surface area contributed by atoms with Gasteiger partial charge in [0.25, 0.3) is 0 Å². The van der Waals surface area contributed by atoms with Gasteiger partial charge in [-0.05, 0) is 31.9 Å². The number of rotatable bonds is 6. The van der Waals surface area contributed by atoms with E-state index < -0.39 is 17.3 Å². The lowest BCUT2D eigenvalue weighted by molar-refractivity contribution is -0.153. The molecule has 3 N–H and O–H groups in total. The number of para-hydroxylation sites is 1. The van der Waals surface area contributed by atoms with Crippen LogP contribution in [0.2, 0.25) is 0 Å². The fourth-order valence-electron chi connectivity index (χ4n) is 2.13.